The summed E-state index contributed by atoms with van der Waals surface area (Å²) in [5.41, 5.74) is 3.22. The molecule has 0 radical (unpaired) electrons. The minimum Gasteiger partial charge on any atom is -0.319 e. The molecule has 0 spiro atoms. The first-order valence-corrected chi connectivity index (χ1v) is 7.87. The zero-order chi connectivity index (χ0) is 15.4. The van der Waals surface area contributed by atoms with Crippen molar-refractivity contribution < 1.29 is 4.39 Å². The Bertz CT molecular complexity index is 610. The van der Waals surface area contributed by atoms with Crippen LogP contribution in [0.15, 0.2) is 28.7 Å². The van der Waals surface area contributed by atoms with Gasteiger partial charge in [0.25, 0.3) is 0 Å². The van der Waals surface area contributed by atoms with E-state index in [1.54, 1.807) is 12.1 Å². The summed E-state index contributed by atoms with van der Waals surface area (Å²) in [6, 6.07) is 6.85. The van der Waals surface area contributed by atoms with Crippen molar-refractivity contribution in [2.45, 2.75) is 19.8 Å². The monoisotopic (exact) mass is 353 g/mol. The molecule has 114 valence electrons. The lowest BCUT2D eigenvalue weighted by atomic mass is 9.94. The molecule has 5 heteroatoms. The van der Waals surface area contributed by atoms with Crippen molar-refractivity contribution in [3.63, 3.8) is 0 Å². The standard InChI is InChI=1S/C16H21BrFN3/c1-11-16(17)15(21(3)20-11)9-13(10-19-2)7-12-5-4-6-14(18)8-12/h4-6,8,13,19H,7,9-10H2,1-3H3. The van der Waals surface area contributed by atoms with Crippen LogP contribution >= 0.6 is 15.9 Å². The third-order valence-corrected chi connectivity index (χ3v) is 4.68. The van der Waals surface area contributed by atoms with Crippen LogP contribution in [0.1, 0.15) is 17.0 Å². The van der Waals surface area contributed by atoms with E-state index in [0.717, 1.165) is 35.1 Å². The topological polar surface area (TPSA) is 29.9 Å². The number of hydrogen-bond acceptors (Lipinski definition) is 2. The Morgan fingerprint density at radius 3 is 2.71 bits per heavy atom. The van der Waals surface area contributed by atoms with Gasteiger partial charge in [0.15, 0.2) is 0 Å². The Kier molecular flexibility index (Phi) is 5.53. The second kappa shape index (κ2) is 7.18. The molecule has 1 aromatic heterocycles. The number of aryl methyl sites for hydroxylation is 2. The summed E-state index contributed by atoms with van der Waals surface area (Å²) in [7, 11) is 3.91. The van der Waals surface area contributed by atoms with Gasteiger partial charge in [0, 0.05) is 7.05 Å². The molecule has 0 amide bonds. The highest BCUT2D eigenvalue weighted by atomic mass is 79.9. The average molecular weight is 354 g/mol. The largest absolute Gasteiger partial charge is 0.319 e. The van der Waals surface area contributed by atoms with E-state index in [1.165, 1.54) is 11.8 Å². The average Bonchev–Trinajstić information content (AvgIpc) is 2.66. The van der Waals surface area contributed by atoms with E-state index >= 15 is 0 Å². The summed E-state index contributed by atoms with van der Waals surface area (Å²) in [4.78, 5) is 0. The number of nitrogens with zero attached hydrogens (tertiary/aromatic N) is 2. The Morgan fingerprint density at radius 2 is 2.14 bits per heavy atom. The van der Waals surface area contributed by atoms with E-state index in [1.807, 2.05) is 31.8 Å². The molecule has 3 nitrogen and oxygen atoms in total. The predicted octanol–water partition coefficient (Wildman–Crippen LogP) is 3.25. The van der Waals surface area contributed by atoms with Crippen molar-refractivity contribution in [3.8, 4) is 0 Å². The molecular formula is C16H21BrFN3. The van der Waals surface area contributed by atoms with Crippen LogP contribution in [-0.4, -0.2) is 23.4 Å². The molecule has 0 aliphatic heterocycles. The Hall–Kier alpha value is -1.20. The van der Waals surface area contributed by atoms with Crippen LogP contribution < -0.4 is 5.32 Å². The smallest absolute Gasteiger partial charge is 0.123 e. The maximum Gasteiger partial charge on any atom is 0.123 e. The van der Waals surface area contributed by atoms with Gasteiger partial charge in [-0.05, 0) is 72.9 Å². The van der Waals surface area contributed by atoms with Gasteiger partial charge in [-0.25, -0.2) is 4.39 Å². The van der Waals surface area contributed by atoms with Crippen LogP contribution in [0.5, 0.6) is 0 Å². The molecule has 1 heterocycles. The SMILES string of the molecule is CNCC(Cc1cccc(F)c1)Cc1c(Br)c(C)nn1C. The van der Waals surface area contributed by atoms with E-state index in [2.05, 4.69) is 26.3 Å². The predicted molar refractivity (Wildman–Crippen MR) is 86.9 cm³/mol. The molecule has 21 heavy (non-hydrogen) atoms. The third kappa shape index (κ3) is 4.14. The van der Waals surface area contributed by atoms with Gasteiger partial charge in [-0.2, -0.15) is 5.10 Å². The highest BCUT2D eigenvalue weighted by Crippen LogP contribution is 2.24. The number of hydrogen-bond donors (Lipinski definition) is 1. The molecule has 0 saturated heterocycles. The summed E-state index contributed by atoms with van der Waals surface area (Å²) < 4.78 is 16.3. The van der Waals surface area contributed by atoms with Crippen LogP contribution in [0, 0.1) is 18.7 Å². The zero-order valence-electron chi connectivity index (χ0n) is 12.7. The highest BCUT2D eigenvalue weighted by molar-refractivity contribution is 9.10. The number of benzene rings is 1. The van der Waals surface area contributed by atoms with Gasteiger partial charge < -0.3 is 5.32 Å². The van der Waals surface area contributed by atoms with Crippen LogP contribution in [0.25, 0.3) is 0 Å². The van der Waals surface area contributed by atoms with E-state index < -0.39 is 0 Å². The van der Waals surface area contributed by atoms with Crippen molar-refractivity contribution in [1.29, 1.82) is 0 Å². The molecule has 1 atom stereocenters. The Labute approximate surface area is 133 Å². The van der Waals surface area contributed by atoms with E-state index in [9.17, 15) is 4.39 Å². The molecule has 1 N–H and O–H groups in total. The summed E-state index contributed by atoms with van der Waals surface area (Å²) in [5.74, 6) is 0.219. The van der Waals surface area contributed by atoms with Crippen LogP contribution in [0.4, 0.5) is 4.39 Å². The fraction of sp³-hybridized carbons (Fsp3) is 0.438. The molecule has 0 fully saturated rings. The molecule has 0 bridgehead atoms. The first-order valence-electron chi connectivity index (χ1n) is 7.08. The van der Waals surface area contributed by atoms with Gasteiger partial charge >= 0.3 is 0 Å². The highest BCUT2D eigenvalue weighted by Gasteiger charge is 2.17. The fourth-order valence-corrected chi connectivity index (χ4v) is 3.18. The number of nitrogens with one attached hydrogen (secondary N) is 1. The minimum absolute atomic E-state index is 0.173. The molecule has 2 aromatic rings. The first kappa shape index (κ1) is 16.2. The van der Waals surface area contributed by atoms with Gasteiger partial charge in [0.05, 0.1) is 15.9 Å². The van der Waals surface area contributed by atoms with Gasteiger partial charge in [-0.3, -0.25) is 4.68 Å². The Morgan fingerprint density at radius 1 is 1.38 bits per heavy atom. The van der Waals surface area contributed by atoms with Gasteiger partial charge in [0.1, 0.15) is 5.82 Å². The van der Waals surface area contributed by atoms with Crippen LogP contribution in [0.3, 0.4) is 0 Å². The molecule has 0 saturated carbocycles. The number of rotatable bonds is 6. The summed E-state index contributed by atoms with van der Waals surface area (Å²) in [6.07, 6.45) is 1.74. The number of halogens is 2. The number of aromatic nitrogens is 2. The lowest BCUT2D eigenvalue weighted by molar-refractivity contribution is 0.475. The van der Waals surface area contributed by atoms with Gasteiger partial charge in [0.2, 0.25) is 0 Å². The lowest BCUT2D eigenvalue weighted by Crippen LogP contribution is -2.24. The van der Waals surface area contributed by atoms with Crippen molar-refractivity contribution >= 4 is 15.9 Å². The summed E-state index contributed by atoms with van der Waals surface area (Å²) in [6.45, 7) is 2.88. The first-order chi connectivity index (χ1) is 10.0. The third-order valence-electron chi connectivity index (χ3n) is 3.65. The lowest BCUT2D eigenvalue weighted by Gasteiger charge is -2.17. The second-order valence-corrected chi connectivity index (χ2v) is 6.22. The van der Waals surface area contributed by atoms with Crippen LogP contribution in [0.2, 0.25) is 0 Å². The quantitative estimate of drug-likeness (QED) is 0.863. The molecule has 0 aliphatic carbocycles. The summed E-state index contributed by atoms with van der Waals surface area (Å²) in [5, 5.41) is 7.66. The Balaban J connectivity index is 2.15. The summed E-state index contributed by atoms with van der Waals surface area (Å²) >= 11 is 3.61. The maximum atomic E-state index is 13.3. The second-order valence-electron chi connectivity index (χ2n) is 5.43. The van der Waals surface area contributed by atoms with Crippen molar-refractivity contribution in [2.24, 2.45) is 13.0 Å². The van der Waals surface area contributed by atoms with Crippen molar-refractivity contribution in [3.05, 3.63) is 51.5 Å². The van der Waals surface area contributed by atoms with Crippen molar-refractivity contribution in [2.75, 3.05) is 13.6 Å². The van der Waals surface area contributed by atoms with Crippen molar-refractivity contribution in [1.82, 2.24) is 15.1 Å². The molecule has 1 unspecified atom stereocenters. The molecule has 0 aliphatic rings. The molecule has 1 aromatic carbocycles. The van der Waals surface area contributed by atoms with E-state index in [-0.39, 0.29) is 5.82 Å². The zero-order valence-corrected chi connectivity index (χ0v) is 14.2. The normalized spacial score (nSPS) is 12.6. The fourth-order valence-electron chi connectivity index (χ4n) is 2.68. The van der Waals surface area contributed by atoms with E-state index in [0.29, 0.717) is 5.92 Å². The van der Waals surface area contributed by atoms with Gasteiger partial charge in [-0.15, -0.1) is 0 Å². The maximum absolute atomic E-state index is 13.3. The van der Waals surface area contributed by atoms with Gasteiger partial charge in [-0.1, -0.05) is 12.1 Å². The van der Waals surface area contributed by atoms with Crippen LogP contribution in [-0.2, 0) is 19.9 Å². The molecule has 2 rings (SSSR count). The minimum atomic E-state index is -0.173. The molecular weight excluding hydrogens is 333 g/mol. The van der Waals surface area contributed by atoms with E-state index in [4.69, 9.17) is 0 Å².